The van der Waals surface area contributed by atoms with Gasteiger partial charge in [-0.05, 0) is 42.8 Å². The fourth-order valence-corrected chi connectivity index (χ4v) is 2.63. The number of nitrogens with zero attached hydrogens (tertiary/aromatic N) is 2. The molecule has 0 fully saturated rings. The largest absolute Gasteiger partial charge is 0.328 e. The lowest BCUT2D eigenvalue weighted by Crippen LogP contribution is -2.04. The SMILES string of the molecule is CCn1c(Cc2cc(F)ccc2C=O)nc2ccccc21. The first-order valence-electron chi connectivity index (χ1n) is 6.90. The third kappa shape index (κ3) is 2.44. The minimum Gasteiger partial charge on any atom is -0.328 e. The molecular formula is C17H15FN2O. The number of fused-ring (bicyclic) bond motifs is 1. The lowest BCUT2D eigenvalue weighted by Gasteiger charge is -2.08. The number of rotatable bonds is 4. The van der Waals surface area contributed by atoms with Gasteiger partial charge in [-0.1, -0.05) is 12.1 Å². The minimum atomic E-state index is -0.338. The Hall–Kier alpha value is -2.49. The quantitative estimate of drug-likeness (QED) is 0.685. The summed E-state index contributed by atoms with van der Waals surface area (Å²) >= 11 is 0. The highest BCUT2D eigenvalue weighted by Gasteiger charge is 2.12. The molecule has 1 heterocycles. The van der Waals surface area contributed by atoms with Gasteiger partial charge < -0.3 is 4.57 Å². The van der Waals surface area contributed by atoms with Crippen LogP contribution < -0.4 is 0 Å². The standard InChI is InChI=1S/C17H15FN2O/c1-2-20-16-6-4-3-5-15(16)19-17(20)10-13-9-14(18)8-7-12(13)11-21/h3-9,11H,2,10H2,1H3. The van der Waals surface area contributed by atoms with Crippen LogP contribution in [-0.2, 0) is 13.0 Å². The van der Waals surface area contributed by atoms with E-state index in [0.29, 0.717) is 17.5 Å². The number of halogens is 1. The minimum absolute atomic E-state index is 0.338. The van der Waals surface area contributed by atoms with Gasteiger partial charge in [-0.15, -0.1) is 0 Å². The number of aromatic nitrogens is 2. The zero-order valence-electron chi connectivity index (χ0n) is 11.7. The van der Waals surface area contributed by atoms with E-state index in [2.05, 4.69) is 9.55 Å². The Kier molecular flexibility index (Phi) is 3.52. The molecule has 0 aliphatic heterocycles. The molecule has 2 aromatic carbocycles. The van der Waals surface area contributed by atoms with E-state index in [4.69, 9.17) is 0 Å². The van der Waals surface area contributed by atoms with Gasteiger partial charge in [-0.2, -0.15) is 0 Å². The van der Waals surface area contributed by atoms with Crippen LogP contribution in [0.1, 0.15) is 28.7 Å². The van der Waals surface area contributed by atoms with Gasteiger partial charge in [0.1, 0.15) is 17.9 Å². The van der Waals surface area contributed by atoms with E-state index < -0.39 is 0 Å². The van der Waals surface area contributed by atoms with E-state index in [1.165, 1.54) is 18.2 Å². The van der Waals surface area contributed by atoms with Gasteiger partial charge in [-0.3, -0.25) is 4.79 Å². The molecule has 0 N–H and O–H groups in total. The lowest BCUT2D eigenvalue weighted by atomic mass is 10.0. The highest BCUT2D eigenvalue weighted by Crippen LogP contribution is 2.20. The van der Waals surface area contributed by atoms with Crippen molar-refractivity contribution in [2.24, 2.45) is 0 Å². The summed E-state index contributed by atoms with van der Waals surface area (Å²) < 4.78 is 15.5. The van der Waals surface area contributed by atoms with Gasteiger partial charge in [0.25, 0.3) is 0 Å². The molecule has 0 atom stereocenters. The van der Waals surface area contributed by atoms with Crippen LogP contribution in [0.3, 0.4) is 0 Å². The van der Waals surface area contributed by atoms with Crippen molar-refractivity contribution in [3.63, 3.8) is 0 Å². The van der Waals surface area contributed by atoms with Crippen LogP contribution >= 0.6 is 0 Å². The highest BCUT2D eigenvalue weighted by atomic mass is 19.1. The predicted octanol–water partition coefficient (Wildman–Crippen LogP) is 3.60. The number of imidazole rings is 1. The van der Waals surface area contributed by atoms with Crippen molar-refractivity contribution in [1.29, 1.82) is 0 Å². The molecule has 0 aliphatic carbocycles. The molecule has 21 heavy (non-hydrogen) atoms. The number of para-hydroxylation sites is 2. The Balaban J connectivity index is 2.10. The van der Waals surface area contributed by atoms with Gasteiger partial charge in [0, 0.05) is 18.5 Å². The number of carbonyl (C=O) groups is 1. The molecule has 0 saturated heterocycles. The average Bonchev–Trinajstić information content (AvgIpc) is 2.84. The molecule has 0 amide bonds. The first-order valence-corrected chi connectivity index (χ1v) is 6.90. The summed E-state index contributed by atoms with van der Waals surface area (Å²) in [5.41, 5.74) is 3.14. The fraction of sp³-hybridized carbons (Fsp3) is 0.176. The first-order chi connectivity index (χ1) is 10.2. The van der Waals surface area contributed by atoms with Crippen LogP contribution in [0.5, 0.6) is 0 Å². The normalized spacial score (nSPS) is 11.0. The average molecular weight is 282 g/mol. The molecule has 4 heteroatoms. The second-order valence-corrected chi connectivity index (χ2v) is 4.90. The summed E-state index contributed by atoms with van der Waals surface area (Å²) in [6.07, 6.45) is 1.20. The van der Waals surface area contributed by atoms with Gasteiger partial charge in [0.15, 0.2) is 0 Å². The van der Waals surface area contributed by atoms with E-state index in [9.17, 15) is 9.18 Å². The smallest absolute Gasteiger partial charge is 0.150 e. The first kappa shape index (κ1) is 13.5. The van der Waals surface area contributed by atoms with E-state index in [1.807, 2.05) is 31.2 Å². The van der Waals surface area contributed by atoms with Crippen LogP contribution in [0.25, 0.3) is 11.0 Å². The second-order valence-electron chi connectivity index (χ2n) is 4.90. The Morgan fingerprint density at radius 2 is 2.05 bits per heavy atom. The molecule has 3 rings (SSSR count). The molecule has 0 bridgehead atoms. The zero-order chi connectivity index (χ0) is 14.8. The zero-order valence-corrected chi connectivity index (χ0v) is 11.7. The summed E-state index contributed by atoms with van der Waals surface area (Å²) in [5.74, 6) is 0.502. The molecular weight excluding hydrogens is 267 g/mol. The van der Waals surface area contributed by atoms with Crippen molar-refractivity contribution < 1.29 is 9.18 Å². The molecule has 3 aromatic rings. The van der Waals surface area contributed by atoms with Crippen molar-refractivity contribution in [2.75, 3.05) is 0 Å². The van der Waals surface area contributed by atoms with E-state index in [-0.39, 0.29) is 5.82 Å². The Morgan fingerprint density at radius 1 is 1.24 bits per heavy atom. The van der Waals surface area contributed by atoms with E-state index >= 15 is 0 Å². The molecule has 106 valence electrons. The fourth-order valence-electron chi connectivity index (χ4n) is 2.63. The maximum absolute atomic E-state index is 13.4. The van der Waals surface area contributed by atoms with Crippen molar-refractivity contribution >= 4 is 17.3 Å². The topological polar surface area (TPSA) is 34.9 Å². The van der Waals surface area contributed by atoms with E-state index in [0.717, 1.165) is 29.7 Å². The Bertz CT molecular complexity index is 808. The Morgan fingerprint density at radius 3 is 2.81 bits per heavy atom. The molecule has 1 aromatic heterocycles. The van der Waals surface area contributed by atoms with Crippen molar-refractivity contribution in [3.05, 3.63) is 65.2 Å². The monoisotopic (exact) mass is 282 g/mol. The number of aryl methyl sites for hydroxylation is 1. The Labute approximate surface area is 122 Å². The maximum Gasteiger partial charge on any atom is 0.150 e. The maximum atomic E-state index is 13.4. The third-order valence-corrected chi connectivity index (χ3v) is 3.63. The molecule has 3 nitrogen and oxygen atoms in total. The number of aldehydes is 1. The van der Waals surface area contributed by atoms with Crippen LogP contribution in [0, 0.1) is 5.82 Å². The summed E-state index contributed by atoms with van der Waals surface area (Å²) in [4.78, 5) is 15.7. The second kappa shape index (κ2) is 5.48. The van der Waals surface area contributed by atoms with Gasteiger partial charge in [0.05, 0.1) is 11.0 Å². The van der Waals surface area contributed by atoms with Crippen LogP contribution in [0.2, 0.25) is 0 Å². The molecule has 0 spiro atoms. The van der Waals surface area contributed by atoms with E-state index in [1.54, 1.807) is 0 Å². The predicted molar refractivity (Wildman–Crippen MR) is 80.0 cm³/mol. The van der Waals surface area contributed by atoms with Crippen LogP contribution in [-0.4, -0.2) is 15.8 Å². The molecule has 0 saturated carbocycles. The number of benzene rings is 2. The van der Waals surface area contributed by atoms with Gasteiger partial charge in [-0.25, -0.2) is 9.37 Å². The molecule has 0 aliphatic rings. The molecule has 0 radical (unpaired) electrons. The van der Waals surface area contributed by atoms with Crippen molar-refractivity contribution in [3.8, 4) is 0 Å². The van der Waals surface area contributed by atoms with Gasteiger partial charge >= 0.3 is 0 Å². The molecule has 0 unspecified atom stereocenters. The highest BCUT2D eigenvalue weighted by molar-refractivity contribution is 5.78. The van der Waals surface area contributed by atoms with Crippen molar-refractivity contribution in [2.45, 2.75) is 19.9 Å². The summed E-state index contributed by atoms with van der Waals surface area (Å²) in [6.45, 7) is 2.82. The van der Waals surface area contributed by atoms with Crippen LogP contribution in [0.4, 0.5) is 4.39 Å². The van der Waals surface area contributed by atoms with Gasteiger partial charge in [0.2, 0.25) is 0 Å². The number of carbonyl (C=O) groups excluding carboxylic acids is 1. The van der Waals surface area contributed by atoms with Crippen LogP contribution in [0.15, 0.2) is 42.5 Å². The number of hydrogen-bond donors (Lipinski definition) is 0. The summed E-state index contributed by atoms with van der Waals surface area (Å²) in [7, 11) is 0. The third-order valence-electron chi connectivity index (χ3n) is 3.63. The summed E-state index contributed by atoms with van der Waals surface area (Å²) in [5, 5.41) is 0. The van der Waals surface area contributed by atoms with Crippen molar-refractivity contribution in [1.82, 2.24) is 9.55 Å². The number of hydrogen-bond acceptors (Lipinski definition) is 2. The lowest BCUT2D eigenvalue weighted by molar-refractivity contribution is 0.112. The summed E-state index contributed by atoms with van der Waals surface area (Å²) in [6, 6.07) is 12.1.